The topological polar surface area (TPSA) is 78.9 Å². The van der Waals surface area contributed by atoms with Crippen LogP contribution in [0.2, 0.25) is 0 Å². The number of piperidine rings is 1. The Morgan fingerprint density at radius 2 is 2.19 bits per heavy atom. The lowest BCUT2D eigenvalue weighted by Crippen LogP contribution is -2.53. The van der Waals surface area contributed by atoms with Crippen LogP contribution in [0.1, 0.15) is 44.9 Å². The van der Waals surface area contributed by atoms with Crippen molar-refractivity contribution in [3.63, 3.8) is 0 Å². The first kappa shape index (κ1) is 21.0. The van der Waals surface area contributed by atoms with E-state index in [9.17, 15) is 4.79 Å². The van der Waals surface area contributed by atoms with Gasteiger partial charge in [0.25, 0.3) is 0 Å². The number of pyridine rings is 1. The lowest BCUT2D eigenvalue weighted by molar-refractivity contribution is 0.0193. The van der Waals surface area contributed by atoms with Crippen molar-refractivity contribution < 1.29 is 9.53 Å². The molecule has 7 heteroatoms. The number of rotatable bonds is 4. The zero-order chi connectivity index (χ0) is 19.9. The second-order valence-corrected chi connectivity index (χ2v) is 7.97. The maximum atomic E-state index is 12.3. The van der Waals surface area contributed by atoms with Crippen LogP contribution in [0.4, 0.5) is 4.79 Å². The van der Waals surface area contributed by atoms with Crippen molar-refractivity contribution in [1.82, 2.24) is 20.5 Å². The molecule has 2 rings (SSSR count). The van der Waals surface area contributed by atoms with E-state index in [0.29, 0.717) is 6.54 Å². The molecule has 0 bridgehead atoms. The molecule has 0 radical (unpaired) electrons. The van der Waals surface area contributed by atoms with Gasteiger partial charge in [-0.25, -0.2) is 4.79 Å². The molecule has 1 unspecified atom stereocenters. The molecule has 1 saturated heterocycles. The largest absolute Gasteiger partial charge is 0.444 e. The van der Waals surface area contributed by atoms with Gasteiger partial charge in [0.15, 0.2) is 5.96 Å². The highest BCUT2D eigenvalue weighted by Crippen LogP contribution is 2.15. The molecular formula is C20H33N5O2. The summed E-state index contributed by atoms with van der Waals surface area (Å²) in [5, 5.41) is 6.76. The number of ether oxygens (including phenoxy) is 1. The first-order valence-corrected chi connectivity index (χ1v) is 9.63. The molecule has 1 aromatic heterocycles. The molecule has 2 N–H and O–H groups in total. The fourth-order valence-electron chi connectivity index (χ4n) is 2.95. The molecule has 1 aliphatic heterocycles. The number of aromatic nitrogens is 1. The molecule has 1 aromatic rings. The van der Waals surface area contributed by atoms with Gasteiger partial charge >= 0.3 is 6.09 Å². The number of amides is 1. The standard InChI is InChI=1S/C20H33N5O2/c1-15-8-9-16(13-23-15)10-11-22-18(21-5)24-17-7-6-12-25(14-17)19(26)27-20(2,3)4/h8-9,13,17H,6-7,10-12,14H2,1-5H3,(H2,21,22,24). The van der Waals surface area contributed by atoms with Gasteiger partial charge in [-0.1, -0.05) is 6.07 Å². The second kappa shape index (κ2) is 9.58. The predicted octanol–water partition coefficient (Wildman–Crippen LogP) is 2.50. The minimum absolute atomic E-state index is 0.165. The molecule has 0 saturated carbocycles. The molecule has 1 aliphatic rings. The van der Waals surface area contributed by atoms with E-state index in [1.54, 1.807) is 11.9 Å². The van der Waals surface area contributed by atoms with Crippen molar-refractivity contribution in [1.29, 1.82) is 0 Å². The van der Waals surface area contributed by atoms with Crippen LogP contribution in [0.5, 0.6) is 0 Å². The van der Waals surface area contributed by atoms with E-state index in [1.165, 1.54) is 5.56 Å². The average molecular weight is 376 g/mol. The monoisotopic (exact) mass is 375 g/mol. The van der Waals surface area contributed by atoms with Crippen LogP contribution in [0.15, 0.2) is 23.3 Å². The number of hydrogen-bond donors (Lipinski definition) is 2. The molecule has 0 aromatic carbocycles. The van der Waals surface area contributed by atoms with Gasteiger partial charge < -0.3 is 20.3 Å². The highest BCUT2D eigenvalue weighted by molar-refractivity contribution is 5.80. The van der Waals surface area contributed by atoms with Gasteiger partial charge in [-0.3, -0.25) is 9.98 Å². The lowest BCUT2D eigenvalue weighted by atomic mass is 10.1. The Balaban J connectivity index is 1.79. The van der Waals surface area contributed by atoms with Gasteiger partial charge in [0.1, 0.15) is 5.60 Å². The van der Waals surface area contributed by atoms with E-state index >= 15 is 0 Å². The Bertz CT molecular complexity index is 637. The number of aliphatic imine (C=N–C) groups is 1. The Labute approximate surface area is 162 Å². The maximum Gasteiger partial charge on any atom is 0.410 e. The van der Waals surface area contributed by atoms with Crippen LogP contribution >= 0.6 is 0 Å². The number of hydrogen-bond acceptors (Lipinski definition) is 4. The second-order valence-electron chi connectivity index (χ2n) is 7.97. The third-order valence-electron chi connectivity index (χ3n) is 4.32. The van der Waals surface area contributed by atoms with Gasteiger partial charge in [-0.05, 0) is 58.6 Å². The smallest absolute Gasteiger partial charge is 0.410 e. The molecule has 1 amide bonds. The Kier molecular flexibility index (Phi) is 7.45. The van der Waals surface area contributed by atoms with Crippen LogP contribution in [0.25, 0.3) is 0 Å². The minimum atomic E-state index is -0.472. The third-order valence-corrected chi connectivity index (χ3v) is 4.32. The summed E-state index contributed by atoms with van der Waals surface area (Å²) in [6.45, 7) is 9.78. The highest BCUT2D eigenvalue weighted by atomic mass is 16.6. The highest BCUT2D eigenvalue weighted by Gasteiger charge is 2.27. The summed E-state index contributed by atoms with van der Waals surface area (Å²) < 4.78 is 5.49. The number of nitrogens with zero attached hydrogens (tertiary/aromatic N) is 3. The van der Waals surface area contributed by atoms with Crippen LogP contribution in [0.3, 0.4) is 0 Å². The number of carbonyl (C=O) groups is 1. The molecule has 1 fully saturated rings. The zero-order valence-electron chi connectivity index (χ0n) is 17.2. The lowest BCUT2D eigenvalue weighted by Gasteiger charge is -2.35. The van der Waals surface area contributed by atoms with Crippen molar-refractivity contribution in [2.24, 2.45) is 4.99 Å². The summed E-state index contributed by atoms with van der Waals surface area (Å²) in [6.07, 6.45) is 4.49. The van der Waals surface area contributed by atoms with Crippen molar-refractivity contribution in [2.45, 2.75) is 58.6 Å². The van der Waals surface area contributed by atoms with Gasteiger partial charge in [-0.15, -0.1) is 0 Å². The molecule has 0 aliphatic carbocycles. The van der Waals surface area contributed by atoms with Crippen molar-refractivity contribution in [2.75, 3.05) is 26.7 Å². The Hall–Kier alpha value is -2.31. The zero-order valence-corrected chi connectivity index (χ0v) is 17.2. The van der Waals surface area contributed by atoms with E-state index in [1.807, 2.05) is 40.0 Å². The van der Waals surface area contributed by atoms with Crippen molar-refractivity contribution in [3.05, 3.63) is 29.6 Å². The van der Waals surface area contributed by atoms with E-state index in [0.717, 1.165) is 44.0 Å². The summed E-state index contributed by atoms with van der Waals surface area (Å²) in [7, 11) is 1.76. The number of likely N-dealkylation sites (tertiary alicyclic amines) is 1. The van der Waals surface area contributed by atoms with Gasteiger partial charge in [0.05, 0.1) is 0 Å². The first-order valence-electron chi connectivity index (χ1n) is 9.63. The van der Waals surface area contributed by atoms with Crippen LogP contribution < -0.4 is 10.6 Å². The summed E-state index contributed by atoms with van der Waals surface area (Å²) >= 11 is 0. The van der Waals surface area contributed by atoms with Gasteiger partial charge in [0.2, 0.25) is 0 Å². The number of aryl methyl sites for hydroxylation is 1. The van der Waals surface area contributed by atoms with E-state index < -0.39 is 5.60 Å². The average Bonchev–Trinajstić information content (AvgIpc) is 2.61. The molecule has 1 atom stereocenters. The fourth-order valence-corrected chi connectivity index (χ4v) is 2.95. The summed E-state index contributed by atoms with van der Waals surface area (Å²) in [4.78, 5) is 22.7. The molecular weight excluding hydrogens is 342 g/mol. The quantitative estimate of drug-likeness (QED) is 0.624. The van der Waals surface area contributed by atoms with E-state index in [2.05, 4.69) is 26.7 Å². The van der Waals surface area contributed by atoms with Crippen LogP contribution in [-0.2, 0) is 11.2 Å². The fraction of sp³-hybridized carbons (Fsp3) is 0.650. The first-order chi connectivity index (χ1) is 12.8. The summed E-state index contributed by atoms with van der Waals surface area (Å²) in [5.74, 6) is 0.756. The van der Waals surface area contributed by atoms with Crippen LogP contribution in [0, 0.1) is 6.92 Å². The number of guanidine groups is 1. The minimum Gasteiger partial charge on any atom is -0.444 e. The molecule has 150 valence electrons. The van der Waals surface area contributed by atoms with Crippen molar-refractivity contribution >= 4 is 12.1 Å². The normalized spacial score (nSPS) is 18.2. The molecule has 0 spiro atoms. The van der Waals surface area contributed by atoms with Gasteiger partial charge in [-0.2, -0.15) is 0 Å². The predicted molar refractivity (Wildman–Crippen MR) is 108 cm³/mol. The Morgan fingerprint density at radius 3 is 2.81 bits per heavy atom. The number of carbonyl (C=O) groups excluding carboxylic acids is 1. The van der Waals surface area contributed by atoms with Crippen LogP contribution in [-0.4, -0.2) is 60.3 Å². The maximum absolute atomic E-state index is 12.3. The third kappa shape index (κ3) is 7.45. The molecule has 2 heterocycles. The Morgan fingerprint density at radius 1 is 1.41 bits per heavy atom. The van der Waals surface area contributed by atoms with Crippen molar-refractivity contribution in [3.8, 4) is 0 Å². The SMILES string of the molecule is CN=C(NCCc1ccc(C)nc1)NC1CCCN(C(=O)OC(C)(C)C)C1. The summed E-state index contributed by atoms with van der Waals surface area (Å²) in [5.41, 5.74) is 1.74. The molecule has 7 nitrogen and oxygen atoms in total. The molecule has 27 heavy (non-hydrogen) atoms. The summed E-state index contributed by atoms with van der Waals surface area (Å²) in [6, 6.07) is 4.29. The van der Waals surface area contributed by atoms with Gasteiger partial charge in [0, 0.05) is 44.6 Å². The van der Waals surface area contributed by atoms with E-state index in [4.69, 9.17) is 4.74 Å². The van der Waals surface area contributed by atoms with E-state index in [-0.39, 0.29) is 12.1 Å². The number of nitrogens with one attached hydrogen (secondary N) is 2.